The standard InChI is InChI=1S/C13H14N4OS/c1-9-11(12(18)16-13(15-9)19-2)8-14-17-10-6-4-3-5-7-10/h3-8,17H,1-2H3,(H,15,16,18)/b14-8-. The van der Waals surface area contributed by atoms with E-state index in [1.165, 1.54) is 18.0 Å². The molecule has 0 atom stereocenters. The Morgan fingerprint density at radius 1 is 1.37 bits per heavy atom. The Balaban J connectivity index is 2.18. The zero-order valence-corrected chi connectivity index (χ0v) is 11.5. The van der Waals surface area contributed by atoms with Crippen LogP contribution in [-0.2, 0) is 0 Å². The minimum absolute atomic E-state index is 0.185. The number of nitrogens with zero attached hydrogens (tertiary/aromatic N) is 2. The molecule has 6 heteroatoms. The predicted octanol–water partition coefficient (Wildman–Crippen LogP) is 2.25. The van der Waals surface area contributed by atoms with Crippen molar-refractivity contribution in [1.29, 1.82) is 0 Å². The molecule has 0 bridgehead atoms. The minimum Gasteiger partial charge on any atom is -0.301 e. The number of hydrazone groups is 1. The summed E-state index contributed by atoms with van der Waals surface area (Å²) in [4.78, 5) is 18.8. The fourth-order valence-electron chi connectivity index (χ4n) is 1.50. The van der Waals surface area contributed by atoms with E-state index in [2.05, 4.69) is 20.5 Å². The Morgan fingerprint density at radius 2 is 2.11 bits per heavy atom. The van der Waals surface area contributed by atoms with E-state index in [9.17, 15) is 4.79 Å². The first-order valence-corrected chi connectivity index (χ1v) is 6.92. The van der Waals surface area contributed by atoms with E-state index < -0.39 is 0 Å². The molecule has 19 heavy (non-hydrogen) atoms. The summed E-state index contributed by atoms with van der Waals surface area (Å²) in [5.74, 6) is 0. The van der Waals surface area contributed by atoms with Crippen LogP contribution in [-0.4, -0.2) is 22.4 Å². The number of aromatic nitrogens is 2. The van der Waals surface area contributed by atoms with Gasteiger partial charge in [-0.25, -0.2) is 4.98 Å². The van der Waals surface area contributed by atoms with Crippen molar-refractivity contribution in [2.24, 2.45) is 5.10 Å². The van der Waals surface area contributed by atoms with Gasteiger partial charge in [0.15, 0.2) is 5.16 Å². The summed E-state index contributed by atoms with van der Waals surface area (Å²) in [6, 6.07) is 9.53. The van der Waals surface area contributed by atoms with E-state index in [1.54, 1.807) is 6.92 Å². The molecule has 0 fully saturated rings. The van der Waals surface area contributed by atoms with E-state index in [0.717, 1.165) is 5.69 Å². The zero-order chi connectivity index (χ0) is 13.7. The molecule has 0 aliphatic heterocycles. The lowest BCUT2D eigenvalue weighted by Crippen LogP contribution is -2.17. The molecule has 98 valence electrons. The van der Waals surface area contributed by atoms with E-state index in [0.29, 0.717) is 16.4 Å². The number of H-pyrrole nitrogens is 1. The van der Waals surface area contributed by atoms with Gasteiger partial charge >= 0.3 is 0 Å². The number of rotatable bonds is 4. The Hall–Kier alpha value is -2.08. The normalized spacial score (nSPS) is 10.8. The molecule has 0 aliphatic carbocycles. The molecule has 1 aromatic heterocycles. The number of thioether (sulfide) groups is 1. The topological polar surface area (TPSA) is 70.1 Å². The van der Waals surface area contributed by atoms with E-state index in [-0.39, 0.29) is 5.56 Å². The van der Waals surface area contributed by atoms with Gasteiger partial charge < -0.3 is 4.98 Å². The lowest BCUT2D eigenvalue weighted by atomic mass is 10.2. The maximum atomic E-state index is 11.8. The number of para-hydroxylation sites is 1. The smallest absolute Gasteiger partial charge is 0.260 e. The van der Waals surface area contributed by atoms with Gasteiger partial charge in [0.05, 0.1) is 23.2 Å². The lowest BCUT2D eigenvalue weighted by molar-refractivity contribution is 0.903. The number of aryl methyl sites for hydroxylation is 1. The largest absolute Gasteiger partial charge is 0.301 e. The van der Waals surface area contributed by atoms with Crippen LogP contribution in [0.3, 0.4) is 0 Å². The average molecular weight is 274 g/mol. The molecule has 0 spiro atoms. The summed E-state index contributed by atoms with van der Waals surface area (Å²) in [6.07, 6.45) is 3.35. The van der Waals surface area contributed by atoms with Gasteiger partial charge in [-0.2, -0.15) is 5.10 Å². The highest BCUT2D eigenvalue weighted by molar-refractivity contribution is 7.98. The number of nitrogens with one attached hydrogen (secondary N) is 2. The van der Waals surface area contributed by atoms with Gasteiger partial charge in [-0.1, -0.05) is 30.0 Å². The van der Waals surface area contributed by atoms with Crippen LogP contribution in [0.2, 0.25) is 0 Å². The first-order chi connectivity index (χ1) is 9.20. The van der Waals surface area contributed by atoms with Crippen molar-refractivity contribution in [3.63, 3.8) is 0 Å². The Kier molecular flexibility index (Phi) is 4.35. The monoisotopic (exact) mass is 274 g/mol. The molecule has 2 N–H and O–H groups in total. The average Bonchev–Trinajstić information content (AvgIpc) is 2.42. The van der Waals surface area contributed by atoms with Crippen molar-refractivity contribution >= 4 is 23.7 Å². The fourth-order valence-corrected chi connectivity index (χ4v) is 1.92. The maximum Gasteiger partial charge on any atom is 0.260 e. The molecule has 0 aliphatic rings. The number of aromatic amines is 1. The molecule has 0 saturated heterocycles. The van der Waals surface area contributed by atoms with Crippen LogP contribution in [0.25, 0.3) is 0 Å². The number of hydrogen-bond acceptors (Lipinski definition) is 5. The maximum absolute atomic E-state index is 11.8. The summed E-state index contributed by atoms with van der Waals surface area (Å²) in [5, 5.41) is 4.65. The predicted molar refractivity (Wildman–Crippen MR) is 79.0 cm³/mol. The fraction of sp³-hybridized carbons (Fsp3) is 0.154. The highest BCUT2D eigenvalue weighted by Gasteiger charge is 2.05. The summed E-state index contributed by atoms with van der Waals surface area (Å²) < 4.78 is 0. The molecule has 2 rings (SSSR count). The Morgan fingerprint density at radius 3 is 2.74 bits per heavy atom. The van der Waals surface area contributed by atoms with Gasteiger partial charge in [-0.15, -0.1) is 0 Å². The molecule has 0 radical (unpaired) electrons. The molecule has 2 aromatic rings. The lowest BCUT2D eigenvalue weighted by Gasteiger charge is -2.02. The van der Waals surface area contributed by atoms with Gasteiger partial charge in [0.25, 0.3) is 5.56 Å². The molecular formula is C13H14N4OS. The van der Waals surface area contributed by atoms with Gasteiger partial charge in [0.1, 0.15) is 0 Å². The van der Waals surface area contributed by atoms with Gasteiger partial charge in [0, 0.05) is 0 Å². The van der Waals surface area contributed by atoms with Crippen molar-refractivity contribution in [1.82, 2.24) is 9.97 Å². The van der Waals surface area contributed by atoms with E-state index >= 15 is 0 Å². The highest BCUT2D eigenvalue weighted by Crippen LogP contribution is 2.07. The second-order valence-corrected chi connectivity index (χ2v) is 4.61. The molecule has 0 unspecified atom stereocenters. The van der Waals surface area contributed by atoms with Gasteiger partial charge in [-0.3, -0.25) is 10.2 Å². The first-order valence-electron chi connectivity index (χ1n) is 5.69. The van der Waals surface area contributed by atoms with Crippen LogP contribution in [0, 0.1) is 6.92 Å². The van der Waals surface area contributed by atoms with Crippen molar-refractivity contribution < 1.29 is 0 Å². The molecule has 1 heterocycles. The second-order valence-electron chi connectivity index (χ2n) is 3.81. The quantitative estimate of drug-likeness (QED) is 0.388. The van der Waals surface area contributed by atoms with Crippen molar-refractivity contribution in [2.45, 2.75) is 12.1 Å². The molecular weight excluding hydrogens is 260 g/mol. The first kappa shape index (κ1) is 13.4. The van der Waals surface area contributed by atoms with E-state index in [1.807, 2.05) is 36.6 Å². The Bertz CT molecular complexity index is 637. The van der Waals surface area contributed by atoms with Crippen LogP contribution >= 0.6 is 11.8 Å². The van der Waals surface area contributed by atoms with Crippen LogP contribution < -0.4 is 11.0 Å². The summed E-state index contributed by atoms with van der Waals surface area (Å²) in [6.45, 7) is 1.79. The molecule has 1 aromatic carbocycles. The summed E-state index contributed by atoms with van der Waals surface area (Å²) in [7, 11) is 0. The van der Waals surface area contributed by atoms with Crippen LogP contribution in [0.5, 0.6) is 0 Å². The second kappa shape index (κ2) is 6.19. The van der Waals surface area contributed by atoms with Crippen LogP contribution in [0.1, 0.15) is 11.3 Å². The summed E-state index contributed by atoms with van der Waals surface area (Å²) >= 11 is 1.40. The van der Waals surface area contributed by atoms with Gasteiger partial charge in [-0.05, 0) is 25.3 Å². The number of hydrogen-bond donors (Lipinski definition) is 2. The van der Waals surface area contributed by atoms with Crippen LogP contribution in [0.15, 0.2) is 45.4 Å². The third-order valence-corrected chi connectivity index (χ3v) is 3.06. The minimum atomic E-state index is -0.185. The SMILES string of the molecule is CSc1nc(C)c(/C=N\Nc2ccccc2)c(=O)[nH]1. The third kappa shape index (κ3) is 3.45. The highest BCUT2D eigenvalue weighted by atomic mass is 32.2. The van der Waals surface area contributed by atoms with E-state index in [4.69, 9.17) is 0 Å². The Labute approximate surface area is 115 Å². The van der Waals surface area contributed by atoms with Crippen molar-refractivity contribution in [3.8, 4) is 0 Å². The number of anilines is 1. The summed E-state index contributed by atoms with van der Waals surface area (Å²) in [5.41, 5.74) is 4.66. The third-order valence-electron chi connectivity index (χ3n) is 2.48. The van der Waals surface area contributed by atoms with Gasteiger partial charge in [0.2, 0.25) is 0 Å². The van der Waals surface area contributed by atoms with Crippen molar-refractivity contribution in [3.05, 3.63) is 51.9 Å². The molecule has 5 nitrogen and oxygen atoms in total. The molecule has 0 amide bonds. The zero-order valence-electron chi connectivity index (χ0n) is 10.7. The number of benzene rings is 1. The van der Waals surface area contributed by atoms with Crippen LogP contribution in [0.4, 0.5) is 5.69 Å². The van der Waals surface area contributed by atoms with Crippen molar-refractivity contribution in [2.75, 3.05) is 11.7 Å². The molecule has 0 saturated carbocycles.